The maximum atomic E-state index is 13.0. The molecule has 0 atom stereocenters. The van der Waals surface area contributed by atoms with Crippen molar-refractivity contribution in [2.45, 2.75) is 32.9 Å². The van der Waals surface area contributed by atoms with Gasteiger partial charge in [0.1, 0.15) is 5.65 Å². The zero-order valence-electron chi connectivity index (χ0n) is 14.0. The molecule has 0 fully saturated rings. The van der Waals surface area contributed by atoms with Crippen molar-refractivity contribution < 1.29 is 13.2 Å². The molecule has 0 bridgehead atoms. The Bertz CT molecular complexity index is 939. The summed E-state index contributed by atoms with van der Waals surface area (Å²) in [5.41, 5.74) is 1.93. The molecule has 0 spiro atoms. The number of azo groups is 1. The highest BCUT2D eigenvalue weighted by Gasteiger charge is 2.31. The Morgan fingerprint density at radius 1 is 1.08 bits per heavy atom. The quantitative estimate of drug-likeness (QED) is 0.521. The number of halogens is 3. The molecule has 3 aromatic rings. The van der Waals surface area contributed by atoms with E-state index in [1.165, 1.54) is 10.5 Å². The average molecular weight is 346 g/mol. The Morgan fingerprint density at radius 3 is 2.48 bits per heavy atom. The summed E-state index contributed by atoms with van der Waals surface area (Å²) in [6, 6.07) is 9.79. The highest BCUT2D eigenvalue weighted by molar-refractivity contribution is 5.54. The van der Waals surface area contributed by atoms with Crippen LogP contribution in [0.25, 0.3) is 5.65 Å². The van der Waals surface area contributed by atoms with Gasteiger partial charge in [-0.3, -0.25) is 4.40 Å². The zero-order chi connectivity index (χ0) is 18.2. The van der Waals surface area contributed by atoms with Crippen molar-refractivity contribution in [3.8, 4) is 0 Å². The lowest BCUT2D eigenvalue weighted by atomic mass is 10.1. The third-order valence-corrected chi connectivity index (χ3v) is 3.76. The average Bonchev–Trinajstić information content (AvgIpc) is 2.90. The minimum absolute atomic E-state index is 0.000645. The van der Waals surface area contributed by atoms with Gasteiger partial charge in [0.2, 0.25) is 0 Å². The molecule has 3 rings (SSSR count). The number of rotatable bonds is 3. The van der Waals surface area contributed by atoms with Crippen LogP contribution in [0.2, 0.25) is 0 Å². The summed E-state index contributed by atoms with van der Waals surface area (Å²) in [7, 11) is 0. The fourth-order valence-electron chi connectivity index (χ4n) is 2.50. The van der Waals surface area contributed by atoms with E-state index < -0.39 is 11.7 Å². The molecule has 0 unspecified atom stereocenters. The fraction of sp³-hybridized carbons (Fsp3) is 0.278. The standard InChI is InChI=1S/C18H17F3N4/c1-11(2)16-17(24-23-14-6-4-5-12(3)9-14)25-10-13(18(19,20)21)7-8-15(25)22-16/h4-11H,1-3H3. The van der Waals surface area contributed by atoms with Crippen LogP contribution in [-0.4, -0.2) is 9.38 Å². The SMILES string of the molecule is Cc1cccc(N=Nc2c(C(C)C)nc3ccc(C(F)(F)F)cn23)c1. The lowest BCUT2D eigenvalue weighted by molar-refractivity contribution is -0.137. The van der Waals surface area contributed by atoms with E-state index in [-0.39, 0.29) is 5.92 Å². The van der Waals surface area contributed by atoms with Crippen molar-refractivity contribution >= 4 is 17.2 Å². The normalized spacial score (nSPS) is 12.6. The molecule has 0 saturated heterocycles. The number of fused-ring (bicyclic) bond motifs is 1. The molecule has 0 aliphatic rings. The van der Waals surface area contributed by atoms with Gasteiger partial charge in [0, 0.05) is 6.20 Å². The molecular weight excluding hydrogens is 329 g/mol. The van der Waals surface area contributed by atoms with Gasteiger partial charge in [-0.2, -0.15) is 13.2 Å². The molecule has 25 heavy (non-hydrogen) atoms. The van der Waals surface area contributed by atoms with E-state index in [0.29, 0.717) is 22.8 Å². The van der Waals surface area contributed by atoms with Gasteiger partial charge in [0.15, 0.2) is 5.82 Å². The van der Waals surface area contributed by atoms with Crippen LogP contribution in [0.1, 0.15) is 36.6 Å². The molecule has 7 heteroatoms. The van der Waals surface area contributed by atoms with E-state index in [4.69, 9.17) is 0 Å². The maximum Gasteiger partial charge on any atom is 0.417 e. The van der Waals surface area contributed by atoms with Crippen LogP contribution in [0.15, 0.2) is 52.8 Å². The molecule has 2 aromatic heterocycles. The Labute approximate surface area is 143 Å². The molecule has 130 valence electrons. The smallest absolute Gasteiger partial charge is 0.282 e. The first kappa shape index (κ1) is 17.1. The van der Waals surface area contributed by atoms with Gasteiger partial charge in [-0.15, -0.1) is 10.2 Å². The van der Waals surface area contributed by atoms with Gasteiger partial charge >= 0.3 is 6.18 Å². The van der Waals surface area contributed by atoms with Crippen LogP contribution in [0.3, 0.4) is 0 Å². The summed E-state index contributed by atoms with van der Waals surface area (Å²) >= 11 is 0. The van der Waals surface area contributed by atoms with Gasteiger partial charge in [-0.1, -0.05) is 26.0 Å². The molecule has 1 aromatic carbocycles. The molecule has 4 nitrogen and oxygen atoms in total. The first-order valence-electron chi connectivity index (χ1n) is 7.83. The zero-order valence-corrected chi connectivity index (χ0v) is 14.0. The Morgan fingerprint density at radius 2 is 1.84 bits per heavy atom. The fourth-order valence-corrected chi connectivity index (χ4v) is 2.50. The van der Waals surface area contributed by atoms with Gasteiger partial charge in [-0.25, -0.2) is 4.98 Å². The predicted molar refractivity (Wildman–Crippen MR) is 89.6 cm³/mol. The molecule has 0 aliphatic carbocycles. The highest BCUT2D eigenvalue weighted by atomic mass is 19.4. The van der Waals surface area contributed by atoms with Crippen molar-refractivity contribution in [2.75, 3.05) is 0 Å². The Kier molecular flexibility index (Phi) is 4.32. The largest absolute Gasteiger partial charge is 0.417 e. The number of pyridine rings is 1. The van der Waals surface area contributed by atoms with E-state index in [1.54, 1.807) is 6.07 Å². The third-order valence-electron chi connectivity index (χ3n) is 3.76. The number of aryl methyl sites for hydroxylation is 1. The highest BCUT2D eigenvalue weighted by Crippen LogP contribution is 2.33. The van der Waals surface area contributed by atoms with Crippen LogP contribution < -0.4 is 0 Å². The Balaban J connectivity index is 2.15. The maximum absolute atomic E-state index is 13.0. The molecule has 0 N–H and O–H groups in total. The summed E-state index contributed by atoms with van der Waals surface area (Å²) < 4.78 is 40.4. The van der Waals surface area contributed by atoms with E-state index in [0.717, 1.165) is 17.8 Å². The van der Waals surface area contributed by atoms with Crippen LogP contribution in [0, 0.1) is 6.92 Å². The van der Waals surface area contributed by atoms with Gasteiger partial charge < -0.3 is 0 Å². The van der Waals surface area contributed by atoms with E-state index in [9.17, 15) is 13.2 Å². The van der Waals surface area contributed by atoms with E-state index >= 15 is 0 Å². The second-order valence-corrected chi connectivity index (χ2v) is 6.16. The molecule has 0 aliphatic heterocycles. The topological polar surface area (TPSA) is 42.0 Å². The van der Waals surface area contributed by atoms with Crippen LogP contribution >= 0.6 is 0 Å². The summed E-state index contributed by atoms with van der Waals surface area (Å²) in [4.78, 5) is 4.41. The predicted octanol–water partition coefficient (Wildman–Crippen LogP) is 6.20. The molecule has 0 amide bonds. The number of aromatic nitrogens is 2. The minimum atomic E-state index is -4.43. The lowest BCUT2D eigenvalue weighted by Gasteiger charge is -2.07. The summed E-state index contributed by atoms with van der Waals surface area (Å²) in [6.07, 6.45) is -3.42. The van der Waals surface area contributed by atoms with E-state index in [1.807, 2.05) is 39.0 Å². The van der Waals surface area contributed by atoms with Crippen LogP contribution in [0.5, 0.6) is 0 Å². The Hall–Kier alpha value is -2.70. The van der Waals surface area contributed by atoms with Crippen LogP contribution in [0.4, 0.5) is 24.7 Å². The van der Waals surface area contributed by atoms with Crippen molar-refractivity contribution in [2.24, 2.45) is 10.2 Å². The van der Waals surface area contributed by atoms with Gasteiger partial charge in [-0.05, 0) is 42.7 Å². The number of alkyl halides is 3. The molecule has 2 heterocycles. The number of benzene rings is 1. The number of imidazole rings is 1. The van der Waals surface area contributed by atoms with Crippen molar-refractivity contribution in [3.05, 3.63) is 59.4 Å². The van der Waals surface area contributed by atoms with E-state index in [2.05, 4.69) is 15.2 Å². The first-order valence-corrected chi connectivity index (χ1v) is 7.83. The number of hydrogen-bond donors (Lipinski definition) is 0. The first-order chi connectivity index (χ1) is 11.8. The summed E-state index contributed by atoms with van der Waals surface area (Å²) in [6.45, 7) is 5.76. The third kappa shape index (κ3) is 3.55. The molecule has 0 radical (unpaired) electrons. The lowest BCUT2D eigenvalue weighted by Crippen LogP contribution is -2.06. The second-order valence-electron chi connectivity index (χ2n) is 6.16. The van der Waals surface area contributed by atoms with Gasteiger partial charge in [0.05, 0.1) is 16.9 Å². The van der Waals surface area contributed by atoms with Gasteiger partial charge in [0.25, 0.3) is 0 Å². The van der Waals surface area contributed by atoms with Crippen molar-refractivity contribution in [1.29, 1.82) is 0 Å². The monoisotopic (exact) mass is 346 g/mol. The molecule has 0 saturated carbocycles. The minimum Gasteiger partial charge on any atom is -0.282 e. The summed E-state index contributed by atoms with van der Waals surface area (Å²) in [5, 5.41) is 8.39. The second kappa shape index (κ2) is 6.31. The number of nitrogens with zero attached hydrogens (tertiary/aromatic N) is 4. The molecular formula is C18H17F3N4. The van der Waals surface area contributed by atoms with Crippen molar-refractivity contribution in [1.82, 2.24) is 9.38 Å². The summed E-state index contributed by atoms with van der Waals surface area (Å²) in [5.74, 6) is 0.318. The number of hydrogen-bond acceptors (Lipinski definition) is 3. The van der Waals surface area contributed by atoms with Crippen LogP contribution in [-0.2, 0) is 6.18 Å². The van der Waals surface area contributed by atoms with Crippen molar-refractivity contribution in [3.63, 3.8) is 0 Å².